The summed E-state index contributed by atoms with van der Waals surface area (Å²) in [5.41, 5.74) is 2.63. The van der Waals surface area contributed by atoms with Gasteiger partial charge in [0.15, 0.2) is 0 Å². The summed E-state index contributed by atoms with van der Waals surface area (Å²) < 4.78 is 0. The van der Waals surface area contributed by atoms with Crippen LogP contribution in [0.4, 0.5) is 0 Å². The second-order valence-corrected chi connectivity index (χ2v) is 5.32. The average molecular weight is 233 g/mol. The van der Waals surface area contributed by atoms with E-state index in [2.05, 4.69) is 43.4 Å². The van der Waals surface area contributed by atoms with Crippen molar-refractivity contribution in [2.45, 2.75) is 57.7 Å². The quantitative estimate of drug-likeness (QED) is 0.841. The number of nitrogens with one attached hydrogen (secondary N) is 1. The fourth-order valence-electron chi connectivity index (χ4n) is 2.62. The molecule has 0 aliphatic heterocycles. The molecule has 0 saturated heterocycles. The Hall–Kier alpha value is -0.860. The van der Waals surface area contributed by atoms with Gasteiger partial charge >= 0.3 is 0 Å². The van der Waals surface area contributed by atoms with Crippen molar-refractivity contribution in [1.82, 2.24) is 5.32 Å². The third-order valence-electron chi connectivity index (χ3n) is 3.71. The topological polar surface area (TPSA) is 32.3 Å². The van der Waals surface area contributed by atoms with E-state index in [1.807, 2.05) is 0 Å². The molecule has 0 radical (unpaired) electrons. The molecule has 1 aliphatic carbocycles. The lowest BCUT2D eigenvalue weighted by Gasteiger charge is -2.29. The molecule has 94 valence electrons. The normalized spacial score (nSPS) is 26.8. The van der Waals surface area contributed by atoms with Crippen molar-refractivity contribution < 1.29 is 5.11 Å². The van der Waals surface area contributed by atoms with E-state index in [-0.39, 0.29) is 6.10 Å². The Bertz CT molecular complexity index is 346. The summed E-state index contributed by atoms with van der Waals surface area (Å²) >= 11 is 0. The summed E-state index contributed by atoms with van der Waals surface area (Å²) in [6.07, 6.45) is 4.09. The molecule has 3 atom stereocenters. The van der Waals surface area contributed by atoms with Crippen LogP contribution in [0.1, 0.15) is 49.8 Å². The number of hydrogen-bond acceptors (Lipinski definition) is 2. The molecule has 0 spiro atoms. The number of aliphatic hydroxyl groups is 1. The molecule has 0 bridgehead atoms. The molecule has 1 fully saturated rings. The lowest BCUT2D eigenvalue weighted by atomic mass is 9.92. The van der Waals surface area contributed by atoms with E-state index >= 15 is 0 Å². The van der Waals surface area contributed by atoms with Gasteiger partial charge in [0.05, 0.1) is 6.10 Å². The second kappa shape index (κ2) is 5.65. The van der Waals surface area contributed by atoms with Gasteiger partial charge in [0.2, 0.25) is 0 Å². The van der Waals surface area contributed by atoms with Crippen molar-refractivity contribution in [3.63, 3.8) is 0 Å². The molecular weight excluding hydrogens is 210 g/mol. The molecule has 1 aliphatic rings. The zero-order valence-electron chi connectivity index (χ0n) is 10.8. The van der Waals surface area contributed by atoms with E-state index in [1.165, 1.54) is 17.5 Å². The maximum Gasteiger partial charge on any atom is 0.0555 e. The SMILES string of the molecule is Cc1ccc(C(C)NC2CCCC(O)C2)cc1. The predicted molar refractivity (Wildman–Crippen MR) is 71.0 cm³/mol. The fourth-order valence-corrected chi connectivity index (χ4v) is 2.62. The van der Waals surface area contributed by atoms with E-state index in [0.29, 0.717) is 12.1 Å². The molecular formula is C15H23NO. The Morgan fingerprint density at radius 2 is 1.94 bits per heavy atom. The van der Waals surface area contributed by atoms with Crippen LogP contribution in [0.15, 0.2) is 24.3 Å². The van der Waals surface area contributed by atoms with Gasteiger partial charge in [-0.3, -0.25) is 0 Å². The highest BCUT2D eigenvalue weighted by molar-refractivity contribution is 5.23. The van der Waals surface area contributed by atoms with Crippen LogP contribution in [0.5, 0.6) is 0 Å². The Balaban J connectivity index is 1.91. The highest BCUT2D eigenvalue weighted by atomic mass is 16.3. The fraction of sp³-hybridized carbons (Fsp3) is 0.600. The van der Waals surface area contributed by atoms with Crippen LogP contribution in [-0.2, 0) is 0 Å². The first-order chi connectivity index (χ1) is 8.15. The van der Waals surface area contributed by atoms with Crippen molar-refractivity contribution in [1.29, 1.82) is 0 Å². The van der Waals surface area contributed by atoms with Gasteiger partial charge in [-0.25, -0.2) is 0 Å². The minimum Gasteiger partial charge on any atom is -0.393 e. The lowest BCUT2D eigenvalue weighted by molar-refractivity contribution is 0.109. The van der Waals surface area contributed by atoms with Crippen LogP contribution < -0.4 is 5.32 Å². The third kappa shape index (κ3) is 3.55. The molecule has 2 heteroatoms. The summed E-state index contributed by atoms with van der Waals surface area (Å²) in [6.45, 7) is 4.31. The average Bonchev–Trinajstić information content (AvgIpc) is 2.29. The number of aryl methyl sites for hydroxylation is 1. The molecule has 0 heterocycles. The summed E-state index contributed by atoms with van der Waals surface area (Å²) in [5.74, 6) is 0. The molecule has 0 amide bonds. The van der Waals surface area contributed by atoms with Gasteiger partial charge in [-0.05, 0) is 45.1 Å². The van der Waals surface area contributed by atoms with E-state index in [4.69, 9.17) is 0 Å². The van der Waals surface area contributed by atoms with Gasteiger partial charge in [0.1, 0.15) is 0 Å². The van der Waals surface area contributed by atoms with Crippen LogP contribution in [0.25, 0.3) is 0 Å². The smallest absolute Gasteiger partial charge is 0.0555 e. The standard InChI is InChI=1S/C15H23NO/c1-11-6-8-13(9-7-11)12(2)16-14-4-3-5-15(17)10-14/h6-9,12,14-17H,3-5,10H2,1-2H3. The largest absolute Gasteiger partial charge is 0.393 e. The third-order valence-corrected chi connectivity index (χ3v) is 3.71. The van der Waals surface area contributed by atoms with Gasteiger partial charge in [-0.15, -0.1) is 0 Å². The molecule has 17 heavy (non-hydrogen) atoms. The zero-order valence-corrected chi connectivity index (χ0v) is 10.8. The van der Waals surface area contributed by atoms with Crippen LogP contribution in [0, 0.1) is 6.92 Å². The van der Waals surface area contributed by atoms with Crippen molar-refractivity contribution >= 4 is 0 Å². The van der Waals surface area contributed by atoms with E-state index in [0.717, 1.165) is 19.3 Å². The maximum absolute atomic E-state index is 9.66. The monoisotopic (exact) mass is 233 g/mol. The molecule has 0 aromatic heterocycles. The van der Waals surface area contributed by atoms with Crippen LogP contribution in [-0.4, -0.2) is 17.3 Å². The highest BCUT2D eigenvalue weighted by Crippen LogP contribution is 2.22. The number of benzene rings is 1. The predicted octanol–water partition coefficient (Wildman–Crippen LogP) is 2.95. The van der Waals surface area contributed by atoms with Crippen LogP contribution in [0.2, 0.25) is 0 Å². The zero-order chi connectivity index (χ0) is 12.3. The maximum atomic E-state index is 9.66. The van der Waals surface area contributed by atoms with Crippen molar-refractivity contribution in [3.8, 4) is 0 Å². The minimum absolute atomic E-state index is 0.105. The molecule has 3 unspecified atom stereocenters. The van der Waals surface area contributed by atoms with Crippen LogP contribution in [0.3, 0.4) is 0 Å². The van der Waals surface area contributed by atoms with Gasteiger partial charge in [0, 0.05) is 12.1 Å². The van der Waals surface area contributed by atoms with Crippen molar-refractivity contribution in [2.24, 2.45) is 0 Å². The summed E-state index contributed by atoms with van der Waals surface area (Å²) in [7, 11) is 0. The Labute approximate surface area is 104 Å². The Morgan fingerprint density at radius 3 is 2.59 bits per heavy atom. The Morgan fingerprint density at radius 1 is 1.24 bits per heavy atom. The van der Waals surface area contributed by atoms with Gasteiger partial charge < -0.3 is 10.4 Å². The molecule has 2 nitrogen and oxygen atoms in total. The first-order valence-electron chi connectivity index (χ1n) is 6.66. The van der Waals surface area contributed by atoms with Gasteiger partial charge in [-0.1, -0.05) is 29.8 Å². The summed E-state index contributed by atoms with van der Waals surface area (Å²) in [4.78, 5) is 0. The summed E-state index contributed by atoms with van der Waals surface area (Å²) in [6, 6.07) is 9.52. The first-order valence-corrected chi connectivity index (χ1v) is 6.66. The van der Waals surface area contributed by atoms with E-state index < -0.39 is 0 Å². The van der Waals surface area contributed by atoms with Crippen LogP contribution >= 0.6 is 0 Å². The number of hydrogen-bond donors (Lipinski definition) is 2. The number of rotatable bonds is 3. The van der Waals surface area contributed by atoms with E-state index in [9.17, 15) is 5.11 Å². The summed E-state index contributed by atoms with van der Waals surface area (Å²) in [5, 5.41) is 13.3. The minimum atomic E-state index is -0.105. The molecule has 2 rings (SSSR count). The molecule has 2 N–H and O–H groups in total. The highest BCUT2D eigenvalue weighted by Gasteiger charge is 2.21. The lowest BCUT2D eigenvalue weighted by Crippen LogP contribution is -2.37. The molecule has 1 aromatic rings. The number of aliphatic hydroxyl groups excluding tert-OH is 1. The Kier molecular flexibility index (Phi) is 4.19. The van der Waals surface area contributed by atoms with Crippen molar-refractivity contribution in [2.75, 3.05) is 0 Å². The van der Waals surface area contributed by atoms with E-state index in [1.54, 1.807) is 0 Å². The van der Waals surface area contributed by atoms with Crippen molar-refractivity contribution in [3.05, 3.63) is 35.4 Å². The first kappa shape index (κ1) is 12.6. The van der Waals surface area contributed by atoms with Gasteiger partial charge in [0.25, 0.3) is 0 Å². The molecule has 1 aromatic carbocycles. The van der Waals surface area contributed by atoms with Gasteiger partial charge in [-0.2, -0.15) is 0 Å². The molecule has 1 saturated carbocycles. The second-order valence-electron chi connectivity index (χ2n) is 5.32.